The van der Waals surface area contributed by atoms with Gasteiger partial charge in [-0.2, -0.15) is 0 Å². The van der Waals surface area contributed by atoms with E-state index >= 15 is 0 Å². The van der Waals surface area contributed by atoms with Crippen LogP contribution in [0.15, 0.2) is 24.4 Å². The van der Waals surface area contributed by atoms with Crippen LogP contribution in [0.3, 0.4) is 0 Å². The normalized spacial score (nSPS) is 12.9. The lowest BCUT2D eigenvalue weighted by atomic mass is 10.0. The highest BCUT2D eigenvalue weighted by molar-refractivity contribution is 5.85. The molecule has 0 bridgehead atoms. The van der Waals surface area contributed by atoms with E-state index < -0.39 is 12.0 Å². The predicted octanol–water partition coefficient (Wildman–Crippen LogP) is 1.82. The van der Waals surface area contributed by atoms with Crippen molar-refractivity contribution in [2.45, 2.75) is 13.0 Å². The topological polar surface area (TPSA) is 65.1 Å². The molecule has 84 valence electrons. The van der Waals surface area contributed by atoms with E-state index in [4.69, 9.17) is 5.11 Å². The number of aromatic amines is 1. The molecule has 1 atom stereocenters. The SMILES string of the molecule is CNC(C(=O)O)c1ccc2[nH]cc(C)c2c1. The summed E-state index contributed by atoms with van der Waals surface area (Å²) in [5, 5.41) is 12.9. The molecule has 4 nitrogen and oxygen atoms in total. The number of benzene rings is 1. The fourth-order valence-corrected chi connectivity index (χ4v) is 1.89. The molecule has 3 N–H and O–H groups in total. The zero-order chi connectivity index (χ0) is 11.7. The second-order valence-corrected chi connectivity index (χ2v) is 3.84. The molecule has 0 aliphatic carbocycles. The lowest BCUT2D eigenvalue weighted by Crippen LogP contribution is -2.24. The van der Waals surface area contributed by atoms with Crippen molar-refractivity contribution >= 4 is 16.9 Å². The van der Waals surface area contributed by atoms with Crippen molar-refractivity contribution in [1.29, 1.82) is 0 Å². The van der Waals surface area contributed by atoms with Gasteiger partial charge in [-0.1, -0.05) is 6.07 Å². The molecule has 1 heterocycles. The number of rotatable bonds is 3. The summed E-state index contributed by atoms with van der Waals surface area (Å²) in [6.07, 6.45) is 1.92. The molecule has 0 aliphatic heterocycles. The maximum Gasteiger partial charge on any atom is 0.325 e. The number of nitrogens with one attached hydrogen (secondary N) is 2. The van der Waals surface area contributed by atoms with Gasteiger partial charge in [0.1, 0.15) is 6.04 Å². The molecule has 2 rings (SSSR count). The Hall–Kier alpha value is -1.81. The van der Waals surface area contributed by atoms with Crippen molar-refractivity contribution in [2.75, 3.05) is 7.05 Å². The standard InChI is InChI=1S/C12H14N2O2/c1-7-6-14-10-4-3-8(5-9(7)10)11(13-2)12(15)16/h3-6,11,13-14H,1-2H3,(H,15,16). The Labute approximate surface area is 93.3 Å². The van der Waals surface area contributed by atoms with E-state index in [0.717, 1.165) is 22.0 Å². The summed E-state index contributed by atoms with van der Waals surface area (Å²) in [6.45, 7) is 2.00. The number of fused-ring (bicyclic) bond motifs is 1. The fraction of sp³-hybridized carbons (Fsp3) is 0.250. The third kappa shape index (κ3) is 1.67. The molecule has 0 saturated heterocycles. The predicted molar refractivity (Wildman–Crippen MR) is 62.5 cm³/mol. The molecular formula is C12H14N2O2. The highest BCUT2D eigenvalue weighted by Gasteiger charge is 2.17. The molecule has 1 aromatic carbocycles. The number of carboxylic acid groups (broad SMARTS) is 1. The van der Waals surface area contributed by atoms with Crippen LogP contribution in [-0.2, 0) is 4.79 Å². The van der Waals surface area contributed by atoms with Gasteiger partial charge in [-0.25, -0.2) is 0 Å². The third-order valence-corrected chi connectivity index (χ3v) is 2.78. The minimum Gasteiger partial charge on any atom is -0.480 e. The molecule has 0 amide bonds. The average Bonchev–Trinajstić information content (AvgIpc) is 2.61. The van der Waals surface area contributed by atoms with E-state index in [0.29, 0.717) is 0 Å². The smallest absolute Gasteiger partial charge is 0.325 e. The van der Waals surface area contributed by atoms with Crippen LogP contribution in [0.4, 0.5) is 0 Å². The Morgan fingerprint density at radius 2 is 2.25 bits per heavy atom. The molecule has 0 fully saturated rings. The number of aryl methyl sites for hydroxylation is 1. The summed E-state index contributed by atoms with van der Waals surface area (Å²) in [4.78, 5) is 14.2. The van der Waals surface area contributed by atoms with Crippen LogP contribution in [0.25, 0.3) is 10.9 Å². The highest BCUT2D eigenvalue weighted by Crippen LogP contribution is 2.22. The number of aliphatic carboxylic acids is 1. The Morgan fingerprint density at radius 1 is 1.50 bits per heavy atom. The molecule has 0 aliphatic rings. The Morgan fingerprint density at radius 3 is 2.88 bits per heavy atom. The van der Waals surface area contributed by atoms with Gasteiger partial charge in [0.25, 0.3) is 0 Å². The molecule has 4 heteroatoms. The van der Waals surface area contributed by atoms with Crippen LogP contribution in [0, 0.1) is 6.92 Å². The second-order valence-electron chi connectivity index (χ2n) is 3.84. The average molecular weight is 218 g/mol. The van der Waals surface area contributed by atoms with Crippen molar-refractivity contribution in [3.63, 3.8) is 0 Å². The van der Waals surface area contributed by atoms with Crippen LogP contribution >= 0.6 is 0 Å². The van der Waals surface area contributed by atoms with Crippen LogP contribution in [-0.4, -0.2) is 23.1 Å². The maximum atomic E-state index is 11.0. The summed E-state index contributed by atoms with van der Waals surface area (Å²) in [5.74, 6) is -0.866. The number of carbonyl (C=O) groups is 1. The van der Waals surface area contributed by atoms with Crippen molar-refractivity contribution < 1.29 is 9.90 Å². The minimum absolute atomic E-state index is 0.654. The number of carboxylic acids is 1. The number of likely N-dealkylation sites (N-methyl/N-ethyl adjacent to an activating group) is 1. The first-order valence-corrected chi connectivity index (χ1v) is 5.11. The Balaban J connectivity index is 2.52. The zero-order valence-corrected chi connectivity index (χ0v) is 9.24. The van der Waals surface area contributed by atoms with Gasteiger partial charge in [-0.3, -0.25) is 4.79 Å². The van der Waals surface area contributed by atoms with Gasteiger partial charge in [0, 0.05) is 17.1 Å². The quantitative estimate of drug-likeness (QED) is 0.736. The van der Waals surface area contributed by atoms with Crippen LogP contribution < -0.4 is 5.32 Å². The van der Waals surface area contributed by atoms with Crippen molar-refractivity contribution in [1.82, 2.24) is 10.3 Å². The van der Waals surface area contributed by atoms with E-state index in [1.54, 1.807) is 7.05 Å². The number of hydrogen-bond acceptors (Lipinski definition) is 2. The van der Waals surface area contributed by atoms with Crippen molar-refractivity contribution in [3.8, 4) is 0 Å². The van der Waals surface area contributed by atoms with Gasteiger partial charge in [-0.15, -0.1) is 0 Å². The van der Waals surface area contributed by atoms with Crippen LogP contribution in [0.5, 0.6) is 0 Å². The summed E-state index contributed by atoms with van der Waals surface area (Å²) < 4.78 is 0. The van der Waals surface area contributed by atoms with Crippen LogP contribution in [0.2, 0.25) is 0 Å². The summed E-state index contributed by atoms with van der Waals surface area (Å²) in [6, 6.07) is 4.99. The molecule has 0 spiro atoms. The Kier molecular flexibility index (Phi) is 2.66. The number of hydrogen-bond donors (Lipinski definition) is 3. The number of H-pyrrole nitrogens is 1. The summed E-state index contributed by atoms with van der Waals surface area (Å²) in [7, 11) is 1.65. The van der Waals surface area contributed by atoms with Crippen molar-refractivity contribution in [3.05, 3.63) is 35.5 Å². The van der Waals surface area contributed by atoms with Crippen LogP contribution in [0.1, 0.15) is 17.2 Å². The largest absolute Gasteiger partial charge is 0.480 e. The lowest BCUT2D eigenvalue weighted by Gasteiger charge is -2.11. The van der Waals surface area contributed by atoms with Gasteiger partial charge in [0.2, 0.25) is 0 Å². The molecule has 16 heavy (non-hydrogen) atoms. The van der Waals surface area contributed by atoms with E-state index in [9.17, 15) is 4.79 Å². The zero-order valence-electron chi connectivity index (χ0n) is 9.24. The van der Waals surface area contributed by atoms with E-state index in [1.807, 2.05) is 31.3 Å². The molecule has 2 aromatic rings. The summed E-state index contributed by atoms with van der Waals surface area (Å²) in [5.41, 5.74) is 2.92. The van der Waals surface area contributed by atoms with Gasteiger partial charge >= 0.3 is 5.97 Å². The fourth-order valence-electron chi connectivity index (χ4n) is 1.89. The highest BCUT2D eigenvalue weighted by atomic mass is 16.4. The van der Waals surface area contributed by atoms with Gasteiger partial charge in [0.15, 0.2) is 0 Å². The van der Waals surface area contributed by atoms with Gasteiger partial charge in [0.05, 0.1) is 0 Å². The molecule has 0 radical (unpaired) electrons. The van der Waals surface area contributed by atoms with Crippen molar-refractivity contribution in [2.24, 2.45) is 0 Å². The second kappa shape index (κ2) is 3.98. The molecule has 1 aromatic heterocycles. The van der Waals surface area contributed by atoms with Gasteiger partial charge in [-0.05, 0) is 37.2 Å². The lowest BCUT2D eigenvalue weighted by molar-refractivity contribution is -0.139. The first-order valence-electron chi connectivity index (χ1n) is 5.11. The molecule has 1 unspecified atom stereocenters. The minimum atomic E-state index is -0.866. The Bertz CT molecular complexity index is 531. The maximum absolute atomic E-state index is 11.0. The third-order valence-electron chi connectivity index (χ3n) is 2.78. The first kappa shape index (κ1) is 10.7. The number of aromatic nitrogens is 1. The van der Waals surface area contributed by atoms with E-state index in [1.165, 1.54) is 0 Å². The molecule has 0 saturated carbocycles. The summed E-state index contributed by atoms with van der Waals surface area (Å²) >= 11 is 0. The first-order chi connectivity index (χ1) is 7.63. The van der Waals surface area contributed by atoms with E-state index in [2.05, 4.69) is 10.3 Å². The monoisotopic (exact) mass is 218 g/mol. The molecular weight excluding hydrogens is 204 g/mol. The van der Waals surface area contributed by atoms with E-state index in [-0.39, 0.29) is 0 Å². The van der Waals surface area contributed by atoms with Gasteiger partial charge < -0.3 is 15.4 Å².